The Bertz CT molecular complexity index is 293. The summed E-state index contributed by atoms with van der Waals surface area (Å²) in [7, 11) is -2.70. The molecule has 0 spiro atoms. The Hall–Kier alpha value is 0.314. The molecule has 0 N–H and O–H groups in total. The second-order valence-corrected chi connectivity index (χ2v) is 14.5. The van der Waals surface area contributed by atoms with Crippen LogP contribution in [0.2, 0.25) is 24.2 Å². The zero-order chi connectivity index (χ0) is 17.8. The van der Waals surface area contributed by atoms with E-state index in [2.05, 4.69) is 39.2 Å². The molecule has 0 aromatic carbocycles. The fraction of sp³-hybridized carbons (Fsp3) is 1.00. The van der Waals surface area contributed by atoms with Crippen molar-refractivity contribution in [1.29, 1.82) is 0 Å². The van der Waals surface area contributed by atoms with Gasteiger partial charge in [-0.05, 0) is 63.8 Å². The van der Waals surface area contributed by atoms with Crippen molar-refractivity contribution in [2.24, 2.45) is 0 Å². The van der Waals surface area contributed by atoms with Gasteiger partial charge in [0, 0.05) is 19.3 Å². The van der Waals surface area contributed by atoms with Gasteiger partial charge in [0.1, 0.15) is 8.24 Å². The highest BCUT2D eigenvalue weighted by Crippen LogP contribution is 2.33. The van der Waals surface area contributed by atoms with Gasteiger partial charge in [-0.25, -0.2) is 0 Å². The van der Waals surface area contributed by atoms with E-state index in [9.17, 15) is 0 Å². The standard InChI is InChI=1S/C19H43NO2Si2/c1-6-21-23(22-7-2)18-14-17-20(19-15-12-11-13-16-19)24(8-3,9-4)10-5/h19,23H,6-18H2,1-5H3. The van der Waals surface area contributed by atoms with Crippen molar-refractivity contribution in [1.82, 2.24) is 4.57 Å². The van der Waals surface area contributed by atoms with Crippen LogP contribution in [0, 0.1) is 0 Å². The van der Waals surface area contributed by atoms with Crippen molar-refractivity contribution >= 4 is 17.5 Å². The molecule has 3 nitrogen and oxygen atoms in total. The van der Waals surface area contributed by atoms with Crippen molar-refractivity contribution in [3.05, 3.63) is 0 Å². The van der Waals surface area contributed by atoms with Crippen molar-refractivity contribution < 1.29 is 8.85 Å². The first kappa shape index (κ1) is 22.4. The highest BCUT2D eigenvalue weighted by Gasteiger charge is 2.38. The summed E-state index contributed by atoms with van der Waals surface area (Å²) in [5.74, 6) is 0. The second kappa shape index (κ2) is 12.6. The first-order valence-corrected chi connectivity index (χ1v) is 15.0. The summed E-state index contributed by atoms with van der Waals surface area (Å²) in [6.45, 7) is 14.4. The molecule has 24 heavy (non-hydrogen) atoms. The van der Waals surface area contributed by atoms with Crippen molar-refractivity contribution in [3.63, 3.8) is 0 Å². The Morgan fingerprint density at radius 2 is 1.42 bits per heavy atom. The minimum absolute atomic E-state index is 0.806. The summed E-state index contributed by atoms with van der Waals surface area (Å²) < 4.78 is 14.8. The zero-order valence-electron chi connectivity index (χ0n) is 17.1. The van der Waals surface area contributed by atoms with Crippen LogP contribution in [0.15, 0.2) is 0 Å². The lowest BCUT2D eigenvalue weighted by atomic mass is 9.95. The first-order valence-electron chi connectivity index (χ1n) is 10.7. The Morgan fingerprint density at radius 1 is 0.875 bits per heavy atom. The monoisotopic (exact) mass is 373 g/mol. The van der Waals surface area contributed by atoms with Gasteiger partial charge in [-0.3, -0.25) is 0 Å². The zero-order valence-corrected chi connectivity index (χ0v) is 19.3. The van der Waals surface area contributed by atoms with Gasteiger partial charge < -0.3 is 13.4 Å². The molecule has 0 bridgehead atoms. The SMILES string of the molecule is CCO[SiH](CCCN(C1CCCCC1)[Si](CC)(CC)CC)OCC. The van der Waals surface area contributed by atoms with E-state index in [4.69, 9.17) is 8.85 Å². The minimum Gasteiger partial charge on any atom is -0.397 e. The van der Waals surface area contributed by atoms with E-state index < -0.39 is 17.5 Å². The van der Waals surface area contributed by atoms with Crippen molar-refractivity contribution in [3.8, 4) is 0 Å². The highest BCUT2D eigenvalue weighted by molar-refractivity contribution is 6.77. The van der Waals surface area contributed by atoms with Crippen LogP contribution in [-0.4, -0.2) is 47.9 Å². The topological polar surface area (TPSA) is 21.7 Å². The predicted octanol–water partition coefficient (Wildman–Crippen LogP) is 5.31. The third-order valence-corrected chi connectivity index (χ3v) is 14.2. The molecular weight excluding hydrogens is 330 g/mol. The Balaban J connectivity index is 2.70. The van der Waals surface area contributed by atoms with Gasteiger partial charge in [0.15, 0.2) is 0 Å². The molecule has 0 saturated heterocycles. The second-order valence-electron chi connectivity index (χ2n) is 7.25. The van der Waals surface area contributed by atoms with E-state index in [0.717, 1.165) is 19.3 Å². The van der Waals surface area contributed by atoms with Crippen LogP contribution in [0.3, 0.4) is 0 Å². The van der Waals surface area contributed by atoms with E-state index in [1.807, 2.05) is 0 Å². The molecule has 1 aliphatic carbocycles. The van der Waals surface area contributed by atoms with E-state index in [-0.39, 0.29) is 0 Å². The van der Waals surface area contributed by atoms with Crippen LogP contribution in [-0.2, 0) is 8.85 Å². The van der Waals surface area contributed by atoms with Gasteiger partial charge in [0.2, 0.25) is 0 Å². The normalized spacial score (nSPS) is 17.1. The average molecular weight is 374 g/mol. The molecule has 0 heterocycles. The molecule has 1 aliphatic rings. The molecule has 144 valence electrons. The van der Waals surface area contributed by atoms with Crippen LogP contribution in [0.1, 0.15) is 73.1 Å². The molecule has 0 amide bonds. The minimum atomic E-state index is -1.43. The molecule has 0 radical (unpaired) electrons. The van der Waals surface area contributed by atoms with Gasteiger partial charge in [-0.2, -0.15) is 0 Å². The van der Waals surface area contributed by atoms with Crippen LogP contribution in [0.5, 0.6) is 0 Å². The van der Waals surface area contributed by atoms with Crippen molar-refractivity contribution in [2.75, 3.05) is 19.8 Å². The maximum Gasteiger partial charge on any atom is 0.321 e. The van der Waals surface area contributed by atoms with Crippen molar-refractivity contribution in [2.45, 2.75) is 103 Å². The number of nitrogens with zero attached hydrogens (tertiary/aromatic N) is 1. The molecular formula is C19H43NO2Si2. The largest absolute Gasteiger partial charge is 0.397 e. The third kappa shape index (κ3) is 6.56. The van der Waals surface area contributed by atoms with Gasteiger partial charge >= 0.3 is 9.28 Å². The molecule has 0 atom stereocenters. The van der Waals surface area contributed by atoms with Crippen LogP contribution >= 0.6 is 0 Å². The lowest BCUT2D eigenvalue weighted by Crippen LogP contribution is -2.57. The van der Waals surface area contributed by atoms with E-state index in [0.29, 0.717) is 0 Å². The predicted molar refractivity (Wildman–Crippen MR) is 111 cm³/mol. The first-order chi connectivity index (χ1) is 11.7. The van der Waals surface area contributed by atoms with Crippen LogP contribution < -0.4 is 0 Å². The van der Waals surface area contributed by atoms with Gasteiger partial charge in [-0.15, -0.1) is 0 Å². The maximum atomic E-state index is 5.88. The Morgan fingerprint density at radius 3 is 1.88 bits per heavy atom. The highest BCUT2D eigenvalue weighted by atomic mass is 28.3. The molecule has 0 unspecified atom stereocenters. The summed E-state index contributed by atoms with van der Waals surface area (Å²) >= 11 is 0. The Labute approximate surface area is 154 Å². The van der Waals surface area contributed by atoms with E-state index in [1.165, 1.54) is 69.2 Å². The third-order valence-electron chi connectivity index (χ3n) is 6.14. The smallest absolute Gasteiger partial charge is 0.321 e. The fourth-order valence-corrected chi connectivity index (χ4v) is 10.6. The summed E-state index contributed by atoms with van der Waals surface area (Å²) in [5, 5.41) is 0. The number of hydrogen-bond acceptors (Lipinski definition) is 3. The summed E-state index contributed by atoms with van der Waals surface area (Å²) in [4.78, 5) is 0. The lowest BCUT2D eigenvalue weighted by molar-refractivity contribution is 0.207. The number of hydrogen-bond donors (Lipinski definition) is 0. The summed E-state index contributed by atoms with van der Waals surface area (Å²) in [6.07, 6.45) is 8.48. The summed E-state index contributed by atoms with van der Waals surface area (Å²) in [6, 6.07) is 6.27. The lowest BCUT2D eigenvalue weighted by Gasteiger charge is -2.47. The molecule has 1 fully saturated rings. The summed E-state index contributed by atoms with van der Waals surface area (Å²) in [5.41, 5.74) is 0. The maximum absolute atomic E-state index is 5.88. The number of rotatable bonds is 13. The van der Waals surface area contributed by atoms with Gasteiger partial charge in [-0.1, -0.05) is 40.0 Å². The average Bonchev–Trinajstić information content (AvgIpc) is 2.63. The van der Waals surface area contributed by atoms with Crippen LogP contribution in [0.4, 0.5) is 0 Å². The molecule has 5 heteroatoms. The molecule has 0 aromatic heterocycles. The molecule has 1 saturated carbocycles. The van der Waals surface area contributed by atoms with E-state index >= 15 is 0 Å². The van der Waals surface area contributed by atoms with Gasteiger partial charge in [0.25, 0.3) is 0 Å². The van der Waals surface area contributed by atoms with E-state index in [1.54, 1.807) is 0 Å². The molecule has 0 aliphatic heterocycles. The van der Waals surface area contributed by atoms with Gasteiger partial charge in [0.05, 0.1) is 0 Å². The molecule has 0 aromatic rings. The quantitative estimate of drug-likeness (QED) is 0.408. The Kier molecular flexibility index (Phi) is 11.8. The molecule has 1 rings (SSSR count). The fourth-order valence-electron chi connectivity index (χ4n) is 4.57. The van der Waals surface area contributed by atoms with Crippen LogP contribution in [0.25, 0.3) is 0 Å².